The Kier molecular flexibility index (Phi) is 3.74. The van der Waals surface area contributed by atoms with Crippen molar-refractivity contribution in [1.29, 1.82) is 5.26 Å². The minimum Gasteiger partial charge on any atom is -0.480 e. The molecule has 0 amide bonds. The maximum Gasteiger partial charge on any atom is 0.322 e. The van der Waals surface area contributed by atoms with E-state index in [2.05, 4.69) is 0 Å². The first kappa shape index (κ1) is 14.4. The fourth-order valence-corrected chi connectivity index (χ4v) is 4.03. The van der Waals surface area contributed by atoms with Crippen LogP contribution in [0.25, 0.3) is 0 Å². The minimum atomic E-state index is -4.21. The number of aliphatic carboxylic acids is 1. The molecule has 1 aromatic rings. The van der Waals surface area contributed by atoms with Crippen LogP contribution in [0.15, 0.2) is 23.1 Å². The molecule has 0 bridgehead atoms. The van der Waals surface area contributed by atoms with Gasteiger partial charge in [0.25, 0.3) is 0 Å². The molecular weight excluding hydrogens is 287 g/mol. The highest BCUT2D eigenvalue weighted by atomic mass is 32.2. The van der Waals surface area contributed by atoms with E-state index in [0.717, 1.165) is 16.4 Å². The summed E-state index contributed by atoms with van der Waals surface area (Å²) in [6.45, 7) is 0.0423. The molecule has 1 saturated heterocycles. The zero-order valence-electron chi connectivity index (χ0n) is 10.3. The SMILES string of the molecule is N#Cc1c(F)cccc1S(=O)(=O)N1CCC[C@H]1C(=O)O. The van der Waals surface area contributed by atoms with Crippen LogP contribution < -0.4 is 0 Å². The van der Waals surface area contributed by atoms with Crippen LogP contribution in [0.4, 0.5) is 4.39 Å². The fourth-order valence-electron chi connectivity index (χ4n) is 2.23. The van der Waals surface area contributed by atoms with Gasteiger partial charge in [-0.3, -0.25) is 4.79 Å². The van der Waals surface area contributed by atoms with Crippen molar-refractivity contribution < 1.29 is 22.7 Å². The Bertz CT molecular complexity index is 696. The number of hydrogen-bond donors (Lipinski definition) is 1. The van der Waals surface area contributed by atoms with Gasteiger partial charge in [0, 0.05) is 6.54 Å². The van der Waals surface area contributed by atoms with Crippen LogP contribution in [-0.2, 0) is 14.8 Å². The van der Waals surface area contributed by atoms with Gasteiger partial charge in [-0.2, -0.15) is 9.57 Å². The second-order valence-corrected chi connectivity index (χ2v) is 6.20. The quantitative estimate of drug-likeness (QED) is 0.895. The van der Waals surface area contributed by atoms with E-state index in [-0.39, 0.29) is 13.0 Å². The van der Waals surface area contributed by atoms with Gasteiger partial charge >= 0.3 is 5.97 Å². The van der Waals surface area contributed by atoms with Crippen molar-refractivity contribution in [3.05, 3.63) is 29.6 Å². The number of carbonyl (C=O) groups is 1. The summed E-state index contributed by atoms with van der Waals surface area (Å²) in [5.41, 5.74) is -0.594. The van der Waals surface area contributed by atoms with Gasteiger partial charge in [0.1, 0.15) is 28.4 Å². The molecule has 1 aromatic carbocycles. The molecule has 0 aliphatic carbocycles. The first-order valence-electron chi connectivity index (χ1n) is 5.83. The molecule has 1 atom stereocenters. The van der Waals surface area contributed by atoms with Gasteiger partial charge in [-0.25, -0.2) is 12.8 Å². The molecule has 20 heavy (non-hydrogen) atoms. The normalized spacial score (nSPS) is 19.7. The smallest absolute Gasteiger partial charge is 0.322 e. The number of carboxylic acids is 1. The molecule has 1 aliphatic heterocycles. The highest BCUT2D eigenvalue weighted by molar-refractivity contribution is 7.89. The summed E-state index contributed by atoms with van der Waals surface area (Å²) >= 11 is 0. The van der Waals surface area contributed by atoms with Crippen LogP contribution in [-0.4, -0.2) is 36.4 Å². The Labute approximate surface area is 115 Å². The highest BCUT2D eigenvalue weighted by Crippen LogP contribution is 2.28. The number of nitriles is 1. The van der Waals surface area contributed by atoms with Gasteiger partial charge in [-0.15, -0.1) is 0 Å². The first-order valence-corrected chi connectivity index (χ1v) is 7.27. The summed E-state index contributed by atoms with van der Waals surface area (Å²) in [5.74, 6) is -2.19. The molecule has 0 unspecified atom stereocenters. The van der Waals surface area contributed by atoms with E-state index in [4.69, 9.17) is 10.4 Å². The van der Waals surface area contributed by atoms with Gasteiger partial charge in [0.2, 0.25) is 10.0 Å². The van der Waals surface area contributed by atoms with Crippen molar-refractivity contribution in [2.75, 3.05) is 6.54 Å². The van der Waals surface area contributed by atoms with E-state index in [0.29, 0.717) is 6.42 Å². The minimum absolute atomic E-state index is 0.0423. The van der Waals surface area contributed by atoms with Crippen molar-refractivity contribution in [2.45, 2.75) is 23.8 Å². The van der Waals surface area contributed by atoms with Crippen LogP contribution >= 0.6 is 0 Å². The van der Waals surface area contributed by atoms with Gasteiger partial charge in [0.05, 0.1) is 0 Å². The molecule has 1 heterocycles. The number of benzene rings is 1. The molecule has 0 radical (unpaired) electrons. The summed E-state index contributed by atoms with van der Waals surface area (Å²) < 4.78 is 39.2. The largest absolute Gasteiger partial charge is 0.480 e. The third-order valence-electron chi connectivity index (χ3n) is 3.16. The van der Waals surface area contributed by atoms with Gasteiger partial charge in [-0.05, 0) is 25.0 Å². The number of hydrogen-bond acceptors (Lipinski definition) is 4. The first-order chi connectivity index (χ1) is 9.39. The van der Waals surface area contributed by atoms with Crippen LogP contribution in [0.3, 0.4) is 0 Å². The predicted octanol–water partition coefficient (Wildman–Crippen LogP) is 0.935. The molecular formula is C12H11FN2O4S. The van der Waals surface area contributed by atoms with Crippen molar-refractivity contribution in [2.24, 2.45) is 0 Å². The maximum absolute atomic E-state index is 13.5. The summed E-state index contributed by atoms with van der Waals surface area (Å²) in [7, 11) is -4.21. The van der Waals surface area contributed by atoms with E-state index in [1.165, 1.54) is 12.1 Å². The lowest BCUT2D eigenvalue weighted by molar-refractivity contribution is -0.140. The number of sulfonamides is 1. The van der Waals surface area contributed by atoms with E-state index < -0.39 is 38.3 Å². The molecule has 0 spiro atoms. The summed E-state index contributed by atoms with van der Waals surface area (Å²) in [6, 6.07) is 3.60. The van der Waals surface area contributed by atoms with Crippen molar-refractivity contribution in [3.8, 4) is 6.07 Å². The second kappa shape index (κ2) is 5.19. The second-order valence-electron chi connectivity index (χ2n) is 4.34. The number of carboxylic acid groups (broad SMARTS) is 1. The molecule has 0 aromatic heterocycles. The molecule has 6 nitrogen and oxygen atoms in total. The molecule has 106 valence electrons. The Morgan fingerprint density at radius 1 is 1.50 bits per heavy atom. The Morgan fingerprint density at radius 3 is 2.80 bits per heavy atom. The summed E-state index contributed by atoms with van der Waals surface area (Å²) in [6.07, 6.45) is 0.610. The lowest BCUT2D eigenvalue weighted by Gasteiger charge is -2.21. The van der Waals surface area contributed by atoms with Crippen LogP contribution in [0.1, 0.15) is 18.4 Å². The zero-order valence-corrected chi connectivity index (χ0v) is 11.1. The average Bonchev–Trinajstić information content (AvgIpc) is 2.88. The monoisotopic (exact) mass is 298 g/mol. The third-order valence-corrected chi connectivity index (χ3v) is 5.11. The fraction of sp³-hybridized carbons (Fsp3) is 0.333. The standard InChI is InChI=1S/C12H11FN2O4S/c13-9-3-1-5-11(8(9)7-14)20(18,19)15-6-2-4-10(15)12(16)17/h1,3,5,10H,2,4,6H2,(H,16,17)/t10-/m0/s1. The van der Waals surface area contributed by atoms with Gasteiger partial charge in [0.15, 0.2) is 0 Å². The van der Waals surface area contributed by atoms with Gasteiger partial charge in [-0.1, -0.05) is 6.07 Å². The molecule has 1 aliphatic rings. The maximum atomic E-state index is 13.5. The summed E-state index contributed by atoms with van der Waals surface area (Å²) in [5, 5.41) is 17.9. The number of halogens is 1. The Hall–Kier alpha value is -1.98. The van der Waals surface area contributed by atoms with Crippen molar-refractivity contribution >= 4 is 16.0 Å². The molecule has 2 rings (SSSR count). The summed E-state index contributed by atoms with van der Waals surface area (Å²) in [4.78, 5) is 10.6. The van der Waals surface area contributed by atoms with Crippen molar-refractivity contribution in [3.63, 3.8) is 0 Å². The third kappa shape index (κ3) is 2.26. The zero-order chi connectivity index (χ0) is 14.9. The molecule has 1 N–H and O–H groups in total. The average molecular weight is 298 g/mol. The molecule has 8 heteroatoms. The number of nitrogens with zero attached hydrogens (tertiary/aromatic N) is 2. The van der Waals surface area contributed by atoms with E-state index in [1.54, 1.807) is 0 Å². The predicted molar refractivity (Wildman–Crippen MR) is 65.7 cm³/mol. The lowest BCUT2D eigenvalue weighted by atomic mass is 10.2. The van der Waals surface area contributed by atoms with E-state index in [1.807, 2.05) is 0 Å². The topological polar surface area (TPSA) is 98.5 Å². The highest BCUT2D eigenvalue weighted by Gasteiger charge is 2.40. The van der Waals surface area contributed by atoms with Crippen LogP contribution in [0.2, 0.25) is 0 Å². The van der Waals surface area contributed by atoms with Crippen LogP contribution in [0, 0.1) is 17.1 Å². The molecule has 0 saturated carbocycles. The van der Waals surface area contributed by atoms with Crippen LogP contribution in [0.5, 0.6) is 0 Å². The molecule has 1 fully saturated rings. The number of rotatable bonds is 3. The Balaban J connectivity index is 2.54. The Morgan fingerprint density at radius 2 is 2.20 bits per heavy atom. The van der Waals surface area contributed by atoms with Gasteiger partial charge < -0.3 is 5.11 Å². The lowest BCUT2D eigenvalue weighted by Crippen LogP contribution is -2.40. The van der Waals surface area contributed by atoms with E-state index in [9.17, 15) is 17.6 Å². The van der Waals surface area contributed by atoms with Crippen molar-refractivity contribution in [1.82, 2.24) is 4.31 Å². The van der Waals surface area contributed by atoms with E-state index >= 15 is 0 Å².